The second kappa shape index (κ2) is 7.55. The second-order valence-electron chi connectivity index (χ2n) is 2.37. The molecule has 0 radical (unpaired) electrons. The zero-order valence-corrected chi connectivity index (χ0v) is 8.84. The van der Waals surface area contributed by atoms with Crippen molar-refractivity contribution in [1.29, 1.82) is 0 Å². The third-order valence-corrected chi connectivity index (χ3v) is 3.60. The lowest BCUT2D eigenvalue weighted by molar-refractivity contribution is -0.132. The summed E-state index contributed by atoms with van der Waals surface area (Å²) >= 11 is 4.12. The lowest BCUT2D eigenvalue weighted by Crippen LogP contribution is -1.92. The summed E-state index contributed by atoms with van der Waals surface area (Å²) in [7, 11) is 0. The summed E-state index contributed by atoms with van der Waals surface area (Å²) in [5, 5.41) is 9.22. The number of hydrogen-bond acceptors (Lipinski definition) is 3. The maximum Gasteiger partial charge on any atom is 0.330 e. The minimum absolute atomic E-state index is 0.176. The summed E-state index contributed by atoms with van der Waals surface area (Å²) in [5.41, 5.74) is 0.176. The summed E-state index contributed by atoms with van der Waals surface area (Å²) in [6, 6.07) is 0. The Bertz CT molecular complexity index is 130. The van der Waals surface area contributed by atoms with Gasteiger partial charge in [-0.1, -0.05) is 6.58 Å². The van der Waals surface area contributed by atoms with E-state index in [1.54, 1.807) is 0 Å². The molecule has 0 aliphatic carbocycles. The predicted molar refractivity (Wildman–Crippen MR) is 56.8 cm³/mol. The van der Waals surface area contributed by atoms with Crippen LogP contribution in [0.2, 0.25) is 0 Å². The largest absolute Gasteiger partial charge is 0.478 e. The molecule has 1 fully saturated rings. The van der Waals surface area contributed by atoms with Gasteiger partial charge in [-0.3, -0.25) is 0 Å². The van der Waals surface area contributed by atoms with E-state index >= 15 is 0 Å². The molecule has 0 aromatic heterocycles. The number of aliphatic carboxylic acids is 1. The molecule has 0 bridgehead atoms. The number of carbonyl (C=O) groups is 1. The average Bonchev–Trinajstić information content (AvgIpc) is 2.08. The van der Waals surface area contributed by atoms with E-state index in [4.69, 9.17) is 5.11 Å². The molecule has 4 heteroatoms. The van der Waals surface area contributed by atoms with Gasteiger partial charge in [-0.05, 0) is 24.9 Å². The Balaban J connectivity index is 0.000000202. The summed E-state index contributed by atoms with van der Waals surface area (Å²) in [5.74, 6) is 1.86. The Labute approximate surface area is 81.8 Å². The Kier molecular flexibility index (Phi) is 7.50. The van der Waals surface area contributed by atoms with Gasteiger partial charge in [0.25, 0.3) is 0 Å². The van der Waals surface area contributed by atoms with Crippen LogP contribution < -0.4 is 0 Å². The highest BCUT2D eigenvalue weighted by Crippen LogP contribution is 2.19. The van der Waals surface area contributed by atoms with Gasteiger partial charge in [0.05, 0.1) is 0 Å². The molecule has 1 heterocycles. The Morgan fingerprint density at radius 3 is 1.92 bits per heavy atom. The van der Waals surface area contributed by atoms with Crippen molar-refractivity contribution in [1.82, 2.24) is 0 Å². The molecule has 0 aromatic carbocycles. The highest BCUT2D eigenvalue weighted by molar-refractivity contribution is 8.16. The van der Waals surface area contributed by atoms with Crippen LogP contribution in [0.3, 0.4) is 0 Å². The van der Waals surface area contributed by atoms with Crippen molar-refractivity contribution >= 4 is 29.5 Å². The van der Waals surface area contributed by atoms with Gasteiger partial charge in [0.2, 0.25) is 0 Å². The molecule has 0 aromatic rings. The van der Waals surface area contributed by atoms with Gasteiger partial charge in [-0.2, -0.15) is 23.5 Å². The first-order valence-corrected chi connectivity index (χ1v) is 6.00. The molecular formula is C8H14O2S2. The van der Waals surface area contributed by atoms with Crippen LogP contribution in [0, 0.1) is 0 Å². The minimum Gasteiger partial charge on any atom is -0.478 e. The second-order valence-corrected chi connectivity index (χ2v) is 4.95. The van der Waals surface area contributed by atoms with Crippen LogP contribution in [0.4, 0.5) is 0 Å². The van der Waals surface area contributed by atoms with Crippen LogP contribution in [0.1, 0.15) is 13.3 Å². The van der Waals surface area contributed by atoms with E-state index in [2.05, 4.69) is 30.1 Å². The van der Waals surface area contributed by atoms with E-state index in [1.165, 1.54) is 29.9 Å². The molecule has 0 spiro atoms. The maximum absolute atomic E-state index is 9.60. The number of rotatable bonds is 1. The van der Waals surface area contributed by atoms with Crippen LogP contribution in [-0.2, 0) is 4.79 Å². The molecule has 2 nitrogen and oxygen atoms in total. The Hall–Kier alpha value is -0.0900. The smallest absolute Gasteiger partial charge is 0.330 e. The van der Waals surface area contributed by atoms with E-state index < -0.39 is 5.97 Å². The number of hydrogen-bond donors (Lipinski definition) is 1. The van der Waals surface area contributed by atoms with Crippen molar-refractivity contribution in [3.8, 4) is 0 Å². The Morgan fingerprint density at radius 1 is 1.42 bits per heavy atom. The van der Waals surface area contributed by atoms with E-state index in [1.807, 2.05) is 0 Å². The van der Waals surface area contributed by atoms with E-state index in [0.29, 0.717) is 0 Å². The van der Waals surface area contributed by atoms with Gasteiger partial charge in [0, 0.05) is 10.7 Å². The van der Waals surface area contributed by atoms with Gasteiger partial charge < -0.3 is 5.11 Å². The minimum atomic E-state index is -0.935. The fraction of sp³-hybridized carbons (Fsp3) is 0.625. The number of carboxylic acids is 1. The van der Waals surface area contributed by atoms with Crippen molar-refractivity contribution in [3.05, 3.63) is 12.2 Å². The zero-order chi connectivity index (χ0) is 9.40. The maximum atomic E-state index is 9.60. The van der Waals surface area contributed by atoms with Crippen LogP contribution in [-0.4, -0.2) is 27.7 Å². The van der Waals surface area contributed by atoms with E-state index in [-0.39, 0.29) is 5.57 Å². The van der Waals surface area contributed by atoms with Gasteiger partial charge >= 0.3 is 5.97 Å². The molecule has 1 saturated heterocycles. The van der Waals surface area contributed by atoms with Crippen molar-refractivity contribution in [2.45, 2.75) is 13.3 Å². The number of carboxylic acid groups (broad SMARTS) is 1. The summed E-state index contributed by atoms with van der Waals surface area (Å²) < 4.78 is 0. The molecule has 0 saturated carbocycles. The highest BCUT2D eigenvalue weighted by Gasteiger charge is 1.95. The molecule has 12 heavy (non-hydrogen) atoms. The lowest BCUT2D eigenvalue weighted by Gasteiger charge is -2.05. The molecule has 1 rings (SSSR count). The molecule has 1 aliphatic heterocycles. The quantitative estimate of drug-likeness (QED) is 0.669. The summed E-state index contributed by atoms with van der Waals surface area (Å²) in [6.45, 7) is 4.60. The summed E-state index contributed by atoms with van der Waals surface area (Å²) in [6.07, 6.45) is 1.43. The highest BCUT2D eigenvalue weighted by atomic mass is 32.2. The van der Waals surface area contributed by atoms with Crippen molar-refractivity contribution in [2.24, 2.45) is 0 Å². The molecule has 70 valence electrons. The van der Waals surface area contributed by atoms with Crippen molar-refractivity contribution in [3.63, 3.8) is 0 Å². The molecule has 1 N–H and O–H groups in total. The van der Waals surface area contributed by atoms with Crippen LogP contribution >= 0.6 is 23.5 Å². The first kappa shape index (κ1) is 11.9. The average molecular weight is 206 g/mol. The van der Waals surface area contributed by atoms with Crippen LogP contribution in [0.15, 0.2) is 12.2 Å². The monoisotopic (exact) mass is 206 g/mol. The number of thioether (sulfide) groups is 2. The van der Waals surface area contributed by atoms with Gasteiger partial charge in [-0.25, -0.2) is 4.79 Å². The normalized spacial score (nSPS) is 15.8. The molecule has 0 unspecified atom stereocenters. The first-order chi connectivity index (χ1) is 5.64. The zero-order valence-electron chi connectivity index (χ0n) is 7.21. The SMILES string of the molecule is C1CSCSC1.C=C(C)C(=O)O. The molecule has 0 atom stereocenters. The predicted octanol–water partition coefficient (Wildman–Crippen LogP) is 2.46. The fourth-order valence-electron chi connectivity index (χ4n) is 0.440. The van der Waals surface area contributed by atoms with Gasteiger partial charge in [0.1, 0.15) is 0 Å². The molecule has 0 amide bonds. The Morgan fingerprint density at radius 2 is 1.83 bits per heavy atom. The standard InChI is InChI=1S/C4H6O2.C4H8S2/c1-3(2)4(5)6;1-2-5-4-6-3-1/h1H2,2H3,(H,5,6);1-4H2. The van der Waals surface area contributed by atoms with Crippen LogP contribution in [0.5, 0.6) is 0 Å². The van der Waals surface area contributed by atoms with Gasteiger partial charge in [-0.15, -0.1) is 0 Å². The van der Waals surface area contributed by atoms with Crippen molar-refractivity contribution in [2.75, 3.05) is 16.6 Å². The lowest BCUT2D eigenvalue weighted by atomic mass is 10.4. The van der Waals surface area contributed by atoms with Crippen molar-refractivity contribution < 1.29 is 9.90 Å². The third-order valence-electron chi connectivity index (χ3n) is 1.11. The summed E-state index contributed by atoms with van der Waals surface area (Å²) in [4.78, 5) is 9.60. The van der Waals surface area contributed by atoms with Crippen LogP contribution in [0.25, 0.3) is 0 Å². The topological polar surface area (TPSA) is 37.3 Å². The van der Waals surface area contributed by atoms with Gasteiger partial charge in [0.15, 0.2) is 0 Å². The molecular weight excluding hydrogens is 192 g/mol. The van der Waals surface area contributed by atoms with E-state index in [9.17, 15) is 4.79 Å². The van der Waals surface area contributed by atoms with E-state index in [0.717, 1.165) is 0 Å². The first-order valence-electron chi connectivity index (χ1n) is 3.69. The molecule has 1 aliphatic rings. The third kappa shape index (κ3) is 8.01. The fourth-order valence-corrected chi connectivity index (χ4v) is 2.73.